The zero-order valence-electron chi connectivity index (χ0n) is 17.9. The SMILES string of the molecule is CCNC(=NCCCN1CCOCC1)NCCCCCOC1CCCCC1.I. The Morgan fingerprint density at radius 1 is 1.04 bits per heavy atom. The van der Waals surface area contributed by atoms with Crippen molar-refractivity contribution >= 4 is 29.9 Å². The minimum absolute atomic E-state index is 0. The first-order valence-corrected chi connectivity index (χ1v) is 11.3. The Hall–Kier alpha value is -0.120. The van der Waals surface area contributed by atoms with Gasteiger partial charge in [-0.05, 0) is 45.4 Å². The third kappa shape index (κ3) is 12.4. The zero-order chi connectivity index (χ0) is 19.0. The van der Waals surface area contributed by atoms with Crippen molar-refractivity contribution < 1.29 is 9.47 Å². The van der Waals surface area contributed by atoms with E-state index >= 15 is 0 Å². The number of hydrogen-bond donors (Lipinski definition) is 2. The fourth-order valence-corrected chi connectivity index (χ4v) is 3.74. The molecule has 1 saturated heterocycles. The van der Waals surface area contributed by atoms with Gasteiger partial charge in [0.2, 0.25) is 0 Å². The van der Waals surface area contributed by atoms with E-state index in [0.29, 0.717) is 6.10 Å². The van der Waals surface area contributed by atoms with Crippen LogP contribution in [0, 0.1) is 0 Å². The fraction of sp³-hybridized carbons (Fsp3) is 0.952. The second-order valence-corrected chi connectivity index (χ2v) is 7.69. The molecule has 7 heteroatoms. The van der Waals surface area contributed by atoms with E-state index in [2.05, 4.69) is 22.5 Å². The molecule has 6 nitrogen and oxygen atoms in total. The van der Waals surface area contributed by atoms with Crippen LogP contribution in [0.5, 0.6) is 0 Å². The van der Waals surface area contributed by atoms with Crippen molar-refractivity contribution in [3.05, 3.63) is 0 Å². The topological polar surface area (TPSA) is 58.1 Å². The van der Waals surface area contributed by atoms with Crippen LogP contribution in [0.2, 0.25) is 0 Å². The highest BCUT2D eigenvalue weighted by Crippen LogP contribution is 2.20. The molecule has 166 valence electrons. The van der Waals surface area contributed by atoms with Crippen molar-refractivity contribution in [2.75, 3.05) is 59.1 Å². The van der Waals surface area contributed by atoms with Crippen LogP contribution in [0.1, 0.15) is 64.7 Å². The van der Waals surface area contributed by atoms with Crippen LogP contribution < -0.4 is 10.6 Å². The molecule has 0 bridgehead atoms. The first-order chi connectivity index (χ1) is 13.4. The van der Waals surface area contributed by atoms with Gasteiger partial charge in [0.15, 0.2) is 5.96 Å². The number of rotatable bonds is 12. The Labute approximate surface area is 189 Å². The maximum atomic E-state index is 6.00. The van der Waals surface area contributed by atoms with E-state index in [1.807, 2.05) is 0 Å². The molecule has 0 aromatic heterocycles. The molecular weight excluding hydrogens is 467 g/mol. The summed E-state index contributed by atoms with van der Waals surface area (Å²) in [4.78, 5) is 7.17. The van der Waals surface area contributed by atoms with E-state index in [-0.39, 0.29) is 24.0 Å². The summed E-state index contributed by atoms with van der Waals surface area (Å²) >= 11 is 0. The normalized spacial score (nSPS) is 19.2. The maximum absolute atomic E-state index is 6.00. The van der Waals surface area contributed by atoms with Crippen LogP contribution >= 0.6 is 24.0 Å². The van der Waals surface area contributed by atoms with E-state index < -0.39 is 0 Å². The molecule has 0 unspecified atom stereocenters. The molecular formula is C21H43IN4O2. The monoisotopic (exact) mass is 510 g/mol. The minimum Gasteiger partial charge on any atom is -0.379 e. The van der Waals surface area contributed by atoms with Gasteiger partial charge in [-0.3, -0.25) is 9.89 Å². The van der Waals surface area contributed by atoms with E-state index in [1.54, 1.807) is 0 Å². The molecule has 2 fully saturated rings. The van der Waals surface area contributed by atoms with Crippen molar-refractivity contribution in [3.8, 4) is 0 Å². The van der Waals surface area contributed by atoms with Crippen molar-refractivity contribution in [3.63, 3.8) is 0 Å². The molecule has 0 aromatic rings. The molecule has 1 saturated carbocycles. The van der Waals surface area contributed by atoms with Crippen LogP contribution in [-0.2, 0) is 9.47 Å². The van der Waals surface area contributed by atoms with Gasteiger partial charge in [-0.2, -0.15) is 0 Å². The average Bonchev–Trinajstić information content (AvgIpc) is 2.72. The Kier molecular flexibility index (Phi) is 16.4. The quantitative estimate of drug-likeness (QED) is 0.183. The lowest BCUT2D eigenvalue weighted by molar-refractivity contribution is 0.0264. The van der Waals surface area contributed by atoms with Crippen molar-refractivity contribution in [2.45, 2.75) is 70.8 Å². The summed E-state index contributed by atoms with van der Waals surface area (Å²) in [6.45, 7) is 10.8. The number of halogens is 1. The number of guanidine groups is 1. The van der Waals surface area contributed by atoms with Gasteiger partial charge in [-0.15, -0.1) is 24.0 Å². The number of nitrogens with zero attached hydrogens (tertiary/aromatic N) is 2. The highest BCUT2D eigenvalue weighted by molar-refractivity contribution is 14.0. The van der Waals surface area contributed by atoms with Crippen LogP contribution in [-0.4, -0.2) is 76.1 Å². The third-order valence-corrected chi connectivity index (χ3v) is 5.37. The molecule has 0 spiro atoms. The Morgan fingerprint density at radius 3 is 2.57 bits per heavy atom. The van der Waals surface area contributed by atoms with Crippen molar-refractivity contribution in [1.82, 2.24) is 15.5 Å². The second kappa shape index (κ2) is 17.7. The molecule has 1 heterocycles. The number of morpholine rings is 1. The van der Waals surface area contributed by atoms with Gasteiger partial charge >= 0.3 is 0 Å². The molecule has 28 heavy (non-hydrogen) atoms. The summed E-state index contributed by atoms with van der Waals surface area (Å²) < 4.78 is 11.4. The average molecular weight is 511 g/mol. The summed E-state index contributed by atoms with van der Waals surface area (Å²) in [6.07, 6.45) is 11.9. The number of hydrogen-bond acceptors (Lipinski definition) is 4. The molecule has 2 rings (SSSR count). The lowest BCUT2D eigenvalue weighted by atomic mass is 9.98. The van der Waals surface area contributed by atoms with E-state index in [4.69, 9.17) is 14.5 Å². The fourth-order valence-electron chi connectivity index (χ4n) is 3.74. The van der Waals surface area contributed by atoms with Crippen LogP contribution in [0.15, 0.2) is 4.99 Å². The van der Waals surface area contributed by atoms with Crippen molar-refractivity contribution in [2.24, 2.45) is 4.99 Å². The minimum atomic E-state index is 0. The van der Waals surface area contributed by atoms with E-state index in [1.165, 1.54) is 51.4 Å². The lowest BCUT2D eigenvalue weighted by Crippen LogP contribution is -2.38. The molecule has 0 aromatic carbocycles. The number of ether oxygens (including phenoxy) is 2. The van der Waals surface area contributed by atoms with Gasteiger partial charge in [0.05, 0.1) is 19.3 Å². The molecule has 2 N–H and O–H groups in total. The molecule has 1 aliphatic heterocycles. The van der Waals surface area contributed by atoms with Crippen LogP contribution in [0.3, 0.4) is 0 Å². The summed E-state index contributed by atoms with van der Waals surface area (Å²) in [7, 11) is 0. The predicted octanol–water partition coefficient (Wildman–Crippen LogP) is 3.40. The summed E-state index contributed by atoms with van der Waals surface area (Å²) in [6, 6.07) is 0. The summed E-state index contributed by atoms with van der Waals surface area (Å²) in [5, 5.41) is 6.81. The molecule has 0 radical (unpaired) electrons. The number of nitrogens with one attached hydrogen (secondary N) is 2. The Morgan fingerprint density at radius 2 is 1.82 bits per heavy atom. The molecule has 2 aliphatic rings. The second-order valence-electron chi connectivity index (χ2n) is 7.69. The highest BCUT2D eigenvalue weighted by atomic mass is 127. The van der Waals surface area contributed by atoms with Gasteiger partial charge in [0.1, 0.15) is 0 Å². The Balaban J connectivity index is 0.00000392. The summed E-state index contributed by atoms with van der Waals surface area (Å²) in [5.74, 6) is 0.956. The first kappa shape index (κ1) is 25.9. The van der Waals surface area contributed by atoms with Gasteiger partial charge in [-0.1, -0.05) is 19.3 Å². The summed E-state index contributed by atoms with van der Waals surface area (Å²) in [5.41, 5.74) is 0. The van der Waals surface area contributed by atoms with E-state index in [0.717, 1.165) is 71.5 Å². The smallest absolute Gasteiger partial charge is 0.191 e. The molecule has 1 aliphatic carbocycles. The highest BCUT2D eigenvalue weighted by Gasteiger charge is 2.13. The standard InChI is InChI=1S/C21H42N4O2.HI/c1-2-22-21(24-13-9-14-25-15-18-26-19-16-25)23-12-7-4-8-17-27-20-10-5-3-6-11-20;/h20H,2-19H2,1H3,(H2,22,23,24);1H. The third-order valence-electron chi connectivity index (χ3n) is 5.37. The molecule has 0 atom stereocenters. The zero-order valence-corrected chi connectivity index (χ0v) is 20.3. The predicted molar refractivity (Wildman–Crippen MR) is 128 cm³/mol. The molecule has 0 amide bonds. The lowest BCUT2D eigenvalue weighted by Gasteiger charge is -2.26. The van der Waals surface area contributed by atoms with Gasteiger partial charge in [0, 0.05) is 45.9 Å². The van der Waals surface area contributed by atoms with Gasteiger partial charge < -0.3 is 20.1 Å². The van der Waals surface area contributed by atoms with Crippen LogP contribution in [0.4, 0.5) is 0 Å². The van der Waals surface area contributed by atoms with E-state index in [9.17, 15) is 0 Å². The van der Waals surface area contributed by atoms with Crippen LogP contribution in [0.25, 0.3) is 0 Å². The van der Waals surface area contributed by atoms with Gasteiger partial charge in [-0.25, -0.2) is 0 Å². The number of unbranched alkanes of at least 4 members (excludes halogenated alkanes) is 2. The Bertz CT molecular complexity index is 387. The maximum Gasteiger partial charge on any atom is 0.191 e. The largest absolute Gasteiger partial charge is 0.379 e. The number of aliphatic imine (C=N–C) groups is 1. The van der Waals surface area contributed by atoms with Gasteiger partial charge in [0.25, 0.3) is 0 Å². The first-order valence-electron chi connectivity index (χ1n) is 11.3. The van der Waals surface area contributed by atoms with Crippen molar-refractivity contribution in [1.29, 1.82) is 0 Å².